The maximum absolute atomic E-state index is 12.8. The van der Waals surface area contributed by atoms with Gasteiger partial charge in [0.15, 0.2) is 0 Å². The monoisotopic (exact) mass is 378 g/mol. The fourth-order valence-corrected chi connectivity index (χ4v) is 3.56. The van der Waals surface area contributed by atoms with E-state index in [-0.39, 0.29) is 23.8 Å². The van der Waals surface area contributed by atoms with Gasteiger partial charge >= 0.3 is 0 Å². The number of aliphatic hydroxyl groups is 1. The first-order valence-corrected chi connectivity index (χ1v) is 9.45. The van der Waals surface area contributed by atoms with Crippen molar-refractivity contribution in [2.45, 2.75) is 24.6 Å². The molecule has 25 heavy (non-hydrogen) atoms. The van der Waals surface area contributed by atoms with Gasteiger partial charge in [0.1, 0.15) is 11.8 Å². The van der Waals surface area contributed by atoms with Gasteiger partial charge < -0.3 is 9.52 Å². The summed E-state index contributed by atoms with van der Waals surface area (Å²) in [6.45, 7) is 1.88. The normalized spacial score (nSPS) is 18.3. The lowest BCUT2D eigenvalue weighted by atomic mass is 10.0. The minimum Gasteiger partial charge on any atom is -0.467 e. The van der Waals surface area contributed by atoms with Crippen molar-refractivity contribution in [3.63, 3.8) is 0 Å². The molecule has 0 unspecified atom stereocenters. The van der Waals surface area contributed by atoms with Crippen LogP contribution in [-0.4, -0.2) is 39.3 Å². The van der Waals surface area contributed by atoms with Crippen LogP contribution >= 0.6 is 23.4 Å². The Morgan fingerprint density at radius 3 is 2.84 bits per heavy atom. The molecular weight excluding hydrogens is 360 g/mol. The minimum absolute atomic E-state index is 0.0448. The average Bonchev–Trinajstić information content (AvgIpc) is 3.28. The second-order valence-electron chi connectivity index (χ2n) is 5.71. The first-order valence-electron chi connectivity index (χ1n) is 8.02. The van der Waals surface area contributed by atoms with Gasteiger partial charge in [0.2, 0.25) is 0 Å². The number of thioether (sulfide) groups is 1. The van der Waals surface area contributed by atoms with Crippen molar-refractivity contribution in [3.05, 3.63) is 59.0 Å². The van der Waals surface area contributed by atoms with Gasteiger partial charge in [-0.25, -0.2) is 5.01 Å². The second kappa shape index (κ2) is 8.08. The van der Waals surface area contributed by atoms with Crippen LogP contribution in [-0.2, 0) is 4.79 Å². The van der Waals surface area contributed by atoms with Crippen LogP contribution < -0.4 is 0 Å². The number of halogens is 1. The maximum Gasteiger partial charge on any atom is 0.256 e. The fourth-order valence-electron chi connectivity index (χ4n) is 2.72. The summed E-state index contributed by atoms with van der Waals surface area (Å²) >= 11 is 7.37. The van der Waals surface area contributed by atoms with Gasteiger partial charge in [-0.2, -0.15) is 5.10 Å². The highest BCUT2D eigenvalue weighted by Crippen LogP contribution is 2.34. The van der Waals surface area contributed by atoms with E-state index in [4.69, 9.17) is 21.1 Å². The third-order valence-electron chi connectivity index (χ3n) is 3.99. The molecule has 0 fully saturated rings. The number of hydrogen-bond acceptors (Lipinski definition) is 5. The van der Waals surface area contributed by atoms with E-state index in [9.17, 15) is 4.79 Å². The first-order chi connectivity index (χ1) is 12.1. The van der Waals surface area contributed by atoms with Crippen molar-refractivity contribution >= 4 is 35.0 Å². The van der Waals surface area contributed by atoms with Crippen molar-refractivity contribution in [1.29, 1.82) is 0 Å². The summed E-state index contributed by atoms with van der Waals surface area (Å²) in [6.07, 6.45) is 2.18. The average molecular weight is 379 g/mol. The molecule has 1 aromatic carbocycles. The third-order valence-corrected chi connectivity index (χ3v) is 5.36. The molecule has 0 spiro atoms. The molecule has 0 bridgehead atoms. The summed E-state index contributed by atoms with van der Waals surface area (Å²) in [6, 6.07) is 10.8. The molecule has 0 saturated heterocycles. The van der Waals surface area contributed by atoms with E-state index in [0.717, 1.165) is 11.3 Å². The zero-order chi connectivity index (χ0) is 17.8. The van der Waals surface area contributed by atoms with Crippen molar-refractivity contribution < 1.29 is 14.3 Å². The fraction of sp³-hybridized carbons (Fsp3) is 0.333. The van der Waals surface area contributed by atoms with Gasteiger partial charge in [0.25, 0.3) is 5.91 Å². The highest BCUT2D eigenvalue weighted by molar-refractivity contribution is 8.00. The predicted molar refractivity (Wildman–Crippen MR) is 99.9 cm³/mol. The number of carbonyl (C=O) groups excluding carboxylic acids is 1. The molecule has 1 N–H and O–H groups in total. The Morgan fingerprint density at radius 2 is 2.20 bits per heavy atom. The summed E-state index contributed by atoms with van der Waals surface area (Å²) in [4.78, 5) is 12.8. The van der Waals surface area contributed by atoms with Crippen LogP contribution in [0.15, 0.2) is 52.2 Å². The van der Waals surface area contributed by atoms with Gasteiger partial charge in [-0.05, 0) is 36.8 Å². The Bertz CT molecular complexity index is 746. The van der Waals surface area contributed by atoms with E-state index in [0.29, 0.717) is 23.0 Å². The molecule has 0 aliphatic carbocycles. The lowest BCUT2D eigenvalue weighted by Crippen LogP contribution is -2.33. The van der Waals surface area contributed by atoms with Gasteiger partial charge in [-0.3, -0.25) is 4.79 Å². The molecule has 132 valence electrons. The van der Waals surface area contributed by atoms with Crippen LogP contribution in [0.2, 0.25) is 5.02 Å². The van der Waals surface area contributed by atoms with E-state index < -0.39 is 0 Å². The van der Waals surface area contributed by atoms with Crippen LogP contribution in [0.1, 0.15) is 30.7 Å². The Balaban J connectivity index is 1.87. The van der Waals surface area contributed by atoms with Crippen LogP contribution in [0, 0.1) is 0 Å². The minimum atomic E-state index is -0.294. The molecule has 0 radical (unpaired) electrons. The highest BCUT2D eigenvalue weighted by atomic mass is 35.5. The third kappa shape index (κ3) is 4.08. The smallest absolute Gasteiger partial charge is 0.256 e. The summed E-state index contributed by atoms with van der Waals surface area (Å²) in [7, 11) is 0. The molecule has 1 amide bonds. The number of aliphatic hydroxyl groups excluding tert-OH is 1. The molecule has 0 saturated carbocycles. The van der Waals surface area contributed by atoms with Crippen LogP contribution in [0.4, 0.5) is 0 Å². The summed E-state index contributed by atoms with van der Waals surface area (Å²) in [5, 5.41) is 15.4. The number of carbonyl (C=O) groups is 1. The topological polar surface area (TPSA) is 66.0 Å². The Morgan fingerprint density at radius 1 is 1.44 bits per heavy atom. The number of amides is 1. The van der Waals surface area contributed by atoms with Crippen LogP contribution in [0.5, 0.6) is 0 Å². The van der Waals surface area contributed by atoms with Crippen LogP contribution in [0.3, 0.4) is 0 Å². The van der Waals surface area contributed by atoms with E-state index >= 15 is 0 Å². The molecule has 1 aromatic heterocycles. The highest BCUT2D eigenvalue weighted by Gasteiger charge is 2.36. The van der Waals surface area contributed by atoms with E-state index in [2.05, 4.69) is 5.10 Å². The van der Waals surface area contributed by atoms with E-state index in [1.165, 1.54) is 16.8 Å². The molecule has 1 aliphatic rings. The zero-order valence-corrected chi connectivity index (χ0v) is 15.3. The number of hydrazone groups is 1. The van der Waals surface area contributed by atoms with Gasteiger partial charge in [0.05, 0.1) is 23.8 Å². The summed E-state index contributed by atoms with van der Waals surface area (Å²) in [5.41, 5.74) is 1.76. The maximum atomic E-state index is 12.8. The summed E-state index contributed by atoms with van der Waals surface area (Å²) in [5.74, 6) is 1.13. The number of nitrogens with zero attached hydrogens (tertiary/aromatic N) is 2. The lowest BCUT2D eigenvalue weighted by Gasteiger charge is -2.22. The standard InChI is InChI=1S/C18H19ClN2O3S/c1-12(25-10-8-22)18(23)21-16(17-3-2-9-24-17)11-15(20-21)13-4-6-14(19)7-5-13/h2-7,9,12,16,22H,8,10-11H2,1H3/t12-,16+/m1/s1. The Labute approximate surface area is 155 Å². The summed E-state index contributed by atoms with van der Waals surface area (Å²) < 4.78 is 5.53. The molecule has 2 heterocycles. The molecule has 2 atom stereocenters. The second-order valence-corrected chi connectivity index (χ2v) is 7.59. The van der Waals surface area contributed by atoms with Crippen molar-refractivity contribution in [2.24, 2.45) is 5.10 Å². The SMILES string of the molecule is C[C@@H](SCCO)C(=O)N1N=C(c2ccc(Cl)cc2)C[C@H]1c1ccco1. The number of benzene rings is 1. The van der Waals surface area contributed by atoms with Crippen molar-refractivity contribution in [3.8, 4) is 0 Å². The van der Waals surface area contributed by atoms with E-state index in [1.807, 2.05) is 43.3 Å². The van der Waals surface area contributed by atoms with Crippen LogP contribution in [0.25, 0.3) is 0 Å². The Hall–Kier alpha value is -1.76. The lowest BCUT2D eigenvalue weighted by molar-refractivity contribution is -0.132. The number of rotatable bonds is 6. The molecule has 3 rings (SSSR count). The molecule has 7 heteroatoms. The van der Waals surface area contributed by atoms with Gasteiger partial charge in [-0.15, -0.1) is 11.8 Å². The zero-order valence-electron chi connectivity index (χ0n) is 13.8. The largest absolute Gasteiger partial charge is 0.467 e. The molecule has 1 aliphatic heterocycles. The Kier molecular flexibility index (Phi) is 5.83. The first kappa shape index (κ1) is 18.0. The molecule has 5 nitrogen and oxygen atoms in total. The predicted octanol–water partition coefficient (Wildman–Crippen LogP) is 3.72. The van der Waals surface area contributed by atoms with E-state index in [1.54, 1.807) is 6.26 Å². The molecular formula is C18H19ClN2O3S. The van der Waals surface area contributed by atoms with Gasteiger partial charge in [-0.1, -0.05) is 23.7 Å². The van der Waals surface area contributed by atoms with Crippen molar-refractivity contribution in [1.82, 2.24) is 5.01 Å². The number of hydrogen-bond donors (Lipinski definition) is 1. The molecule has 2 aromatic rings. The number of furan rings is 1. The van der Waals surface area contributed by atoms with Gasteiger partial charge in [0, 0.05) is 17.2 Å². The quantitative estimate of drug-likeness (QED) is 0.831. The van der Waals surface area contributed by atoms with Crippen molar-refractivity contribution in [2.75, 3.05) is 12.4 Å².